The summed E-state index contributed by atoms with van der Waals surface area (Å²) in [5.41, 5.74) is 5.14. The Morgan fingerprint density at radius 1 is 1.09 bits per heavy atom. The second kappa shape index (κ2) is 6.55. The van der Waals surface area contributed by atoms with Crippen molar-refractivity contribution < 1.29 is 18.0 Å². The van der Waals surface area contributed by atoms with Gasteiger partial charge in [-0.05, 0) is 36.8 Å². The van der Waals surface area contributed by atoms with Crippen LogP contribution in [-0.2, 0) is 10.0 Å². The summed E-state index contributed by atoms with van der Waals surface area (Å²) in [6.07, 6.45) is 1.44. The number of hydrogen-bond acceptors (Lipinski definition) is 5. The van der Waals surface area contributed by atoms with E-state index in [-0.39, 0.29) is 16.2 Å². The van der Waals surface area contributed by atoms with Crippen molar-refractivity contribution in [2.24, 2.45) is 5.14 Å². The minimum atomic E-state index is -3.93. The molecule has 1 aromatic carbocycles. The number of carbonyl (C=O) groups is 2. The SMILES string of the molecule is Cc1ccc(S(N)(=O)=O)cc1C(=O)NNC(=O)c1ccccn1. The van der Waals surface area contributed by atoms with E-state index in [1.54, 1.807) is 19.1 Å². The molecule has 0 unspecified atom stereocenters. The van der Waals surface area contributed by atoms with Crippen LogP contribution in [0.1, 0.15) is 26.4 Å². The van der Waals surface area contributed by atoms with Crippen molar-refractivity contribution in [3.05, 3.63) is 59.4 Å². The number of hydrazine groups is 1. The number of aromatic nitrogens is 1. The molecule has 8 nitrogen and oxygen atoms in total. The van der Waals surface area contributed by atoms with Gasteiger partial charge in [0.15, 0.2) is 0 Å². The lowest BCUT2D eigenvalue weighted by Gasteiger charge is -2.10. The van der Waals surface area contributed by atoms with E-state index in [1.165, 1.54) is 24.4 Å². The zero-order valence-corrected chi connectivity index (χ0v) is 12.9. The highest BCUT2D eigenvalue weighted by Crippen LogP contribution is 2.14. The number of aryl methyl sites for hydroxylation is 1. The molecule has 0 fully saturated rings. The highest BCUT2D eigenvalue weighted by Gasteiger charge is 2.15. The summed E-state index contributed by atoms with van der Waals surface area (Å²) in [5.74, 6) is -1.27. The second-order valence-corrected chi connectivity index (χ2v) is 6.21. The molecular formula is C14H14N4O4S. The van der Waals surface area contributed by atoms with Gasteiger partial charge in [-0.3, -0.25) is 25.4 Å². The molecule has 0 aliphatic carbocycles. The topological polar surface area (TPSA) is 131 Å². The van der Waals surface area contributed by atoms with Crippen LogP contribution in [0.15, 0.2) is 47.5 Å². The first kappa shape index (κ1) is 16.6. The van der Waals surface area contributed by atoms with Crippen molar-refractivity contribution in [3.63, 3.8) is 0 Å². The predicted octanol–water partition coefficient (Wildman–Crippen LogP) is 0.112. The maximum Gasteiger partial charge on any atom is 0.288 e. The summed E-state index contributed by atoms with van der Waals surface area (Å²) in [4.78, 5) is 27.5. The Morgan fingerprint density at radius 2 is 1.78 bits per heavy atom. The lowest BCUT2D eigenvalue weighted by molar-refractivity contribution is 0.0843. The molecule has 0 saturated heterocycles. The maximum absolute atomic E-state index is 12.1. The Kier molecular flexibility index (Phi) is 4.72. The van der Waals surface area contributed by atoms with Crippen LogP contribution in [0.5, 0.6) is 0 Å². The van der Waals surface area contributed by atoms with Gasteiger partial charge in [-0.15, -0.1) is 0 Å². The Morgan fingerprint density at radius 3 is 2.39 bits per heavy atom. The lowest BCUT2D eigenvalue weighted by atomic mass is 10.1. The van der Waals surface area contributed by atoms with E-state index in [0.29, 0.717) is 5.56 Å². The number of rotatable bonds is 3. The summed E-state index contributed by atoms with van der Waals surface area (Å²) >= 11 is 0. The molecule has 9 heteroatoms. The minimum absolute atomic E-state index is 0.0813. The van der Waals surface area contributed by atoms with Crippen LogP contribution in [0, 0.1) is 6.92 Å². The number of hydrogen-bond donors (Lipinski definition) is 3. The number of pyridine rings is 1. The van der Waals surface area contributed by atoms with Crippen molar-refractivity contribution in [2.75, 3.05) is 0 Å². The van der Waals surface area contributed by atoms with E-state index >= 15 is 0 Å². The number of nitrogens with zero attached hydrogens (tertiary/aromatic N) is 1. The molecule has 1 aromatic heterocycles. The normalized spacial score (nSPS) is 10.9. The van der Waals surface area contributed by atoms with E-state index in [2.05, 4.69) is 15.8 Å². The van der Waals surface area contributed by atoms with E-state index < -0.39 is 21.8 Å². The average Bonchev–Trinajstić information content (AvgIpc) is 2.52. The fourth-order valence-electron chi connectivity index (χ4n) is 1.76. The number of amides is 2. The van der Waals surface area contributed by atoms with Gasteiger partial charge in [0, 0.05) is 11.8 Å². The number of benzene rings is 1. The molecule has 0 atom stereocenters. The van der Waals surface area contributed by atoms with Gasteiger partial charge >= 0.3 is 0 Å². The average molecular weight is 334 g/mol. The standard InChI is InChI=1S/C14H14N4O4S/c1-9-5-6-10(23(15,21)22)8-11(9)13(19)17-18-14(20)12-4-2-3-7-16-12/h2-8H,1H3,(H,17,19)(H,18,20)(H2,15,21,22). The van der Waals surface area contributed by atoms with Gasteiger partial charge in [0.2, 0.25) is 10.0 Å². The number of primary sulfonamides is 1. The fraction of sp³-hybridized carbons (Fsp3) is 0.0714. The molecule has 4 N–H and O–H groups in total. The molecule has 0 saturated carbocycles. The van der Waals surface area contributed by atoms with E-state index in [9.17, 15) is 18.0 Å². The van der Waals surface area contributed by atoms with Crippen molar-refractivity contribution in [3.8, 4) is 0 Å². The van der Waals surface area contributed by atoms with E-state index in [4.69, 9.17) is 5.14 Å². The van der Waals surface area contributed by atoms with Gasteiger partial charge in [-0.25, -0.2) is 13.6 Å². The van der Waals surface area contributed by atoms with Crippen LogP contribution in [0.25, 0.3) is 0 Å². The summed E-state index contributed by atoms with van der Waals surface area (Å²) in [5, 5.41) is 5.04. The van der Waals surface area contributed by atoms with Crippen molar-refractivity contribution >= 4 is 21.8 Å². The number of nitrogens with one attached hydrogen (secondary N) is 2. The smallest absolute Gasteiger partial charge is 0.267 e. The van der Waals surface area contributed by atoms with Crippen molar-refractivity contribution in [2.45, 2.75) is 11.8 Å². The van der Waals surface area contributed by atoms with Crippen LogP contribution in [0.3, 0.4) is 0 Å². The van der Waals surface area contributed by atoms with Crippen LogP contribution in [0.2, 0.25) is 0 Å². The summed E-state index contributed by atoms with van der Waals surface area (Å²) in [6, 6.07) is 8.66. The fourth-order valence-corrected chi connectivity index (χ4v) is 2.30. The van der Waals surface area contributed by atoms with E-state index in [1.807, 2.05) is 0 Å². The van der Waals surface area contributed by atoms with Crippen LogP contribution >= 0.6 is 0 Å². The first-order valence-electron chi connectivity index (χ1n) is 6.44. The highest BCUT2D eigenvalue weighted by molar-refractivity contribution is 7.89. The molecule has 2 rings (SSSR count). The summed E-state index contributed by atoms with van der Waals surface area (Å²) in [6.45, 7) is 1.63. The van der Waals surface area contributed by atoms with Crippen LogP contribution in [0.4, 0.5) is 0 Å². The van der Waals surface area contributed by atoms with Crippen LogP contribution in [-0.4, -0.2) is 25.2 Å². The molecule has 23 heavy (non-hydrogen) atoms. The zero-order chi connectivity index (χ0) is 17.0. The molecule has 0 radical (unpaired) electrons. The molecule has 1 heterocycles. The summed E-state index contributed by atoms with van der Waals surface area (Å²) < 4.78 is 22.7. The largest absolute Gasteiger partial charge is 0.288 e. The zero-order valence-electron chi connectivity index (χ0n) is 12.1. The highest BCUT2D eigenvalue weighted by atomic mass is 32.2. The number of carbonyl (C=O) groups excluding carboxylic acids is 2. The summed E-state index contributed by atoms with van der Waals surface area (Å²) in [7, 11) is -3.93. The Hall–Kier alpha value is -2.78. The molecule has 2 amide bonds. The quantitative estimate of drug-likeness (QED) is 0.686. The lowest BCUT2D eigenvalue weighted by Crippen LogP contribution is -2.42. The third kappa shape index (κ3) is 4.11. The molecule has 0 spiro atoms. The van der Waals surface area contributed by atoms with Gasteiger partial charge in [-0.2, -0.15) is 0 Å². The number of sulfonamides is 1. The third-order valence-corrected chi connectivity index (χ3v) is 3.88. The molecule has 2 aromatic rings. The Balaban J connectivity index is 2.14. The first-order valence-corrected chi connectivity index (χ1v) is 7.99. The minimum Gasteiger partial charge on any atom is -0.267 e. The molecule has 120 valence electrons. The first-order chi connectivity index (χ1) is 10.8. The molecule has 0 aliphatic heterocycles. The Labute approximate surface area is 132 Å². The van der Waals surface area contributed by atoms with Crippen LogP contribution < -0.4 is 16.0 Å². The van der Waals surface area contributed by atoms with Gasteiger partial charge in [-0.1, -0.05) is 12.1 Å². The van der Waals surface area contributed by atoms with Gasteiger partial charge in [0.25, 0.3) is 11.8 Å². The Bertz CT molecular complexity index is 850. The maximum atomic E-state index is 12.1. The van der Waals surface area contributed by atoms with Gasteiger partial charge < -0.3 is 0 Å². The molecule has 0 bridgehead atoms. The third-order valence-electron chi connectivity index (χ3n) is 2.97. The van der Waals surface area contributed by atoms with Gasteiger partial charge in [0.1, 0.15) is 5.69 Å². The van der Waals surface area contributed by atoms with Crippen molar-refractivity contribution in [1.82, 2.24) is 15.8 Å². The monoisotopic (exact) mass is 334 g/mol. The molecule has 0 aliphatic rings. The molecular weight excluding hydrogens is 320 g/mol. The second-order valence-electron chi connectivity index (χ2n) is 4.64. The van der Waals surface area contributed by atoms with E-state index in [0.717, 1.165) is 6.07 Å². The predicted molar refractivity (Wildman–Crippen MR) is 81.7 cm³/mol. The number of nitrogens with two attached hydrogens (primary N) is 1. The van der Waals surface area contributed by atoms with Gasteiger partial charge in [0.05, 0.1) is 4.90 Å². The van der Waals surface area contributed by atoms with Crippen molar-refractivity contribution in [1.29, 1.82) is 0 Å².